The minimum atomic E-state index is -2.61. The normalized spacial score (nSPS) is 13.8. The first-order valence-corrected chi connectivity index (χ1v) is 12.7. The maximum absolute atomic E-state index is 13.7. The van der Waals surface area contributed by atoms with Crippen LogP contribution in [0.5, 0.6) is 0 Å². The molecule has 0 aliphatic heterocycles. The van der Waals surface area contributed by atoms with Gasteiger partial charge in [-0.3, -0.25) is 13.8 Å². The van der Waals surface area contributed by atoms with Gasteiger partial charge in [-0.25, -0.2) is 15.0 Å². The molecule has 0 radical (unpaired) electrons. The van der Waals surface area contributed by atoms with Gasteiger partial charge >= 0.3 is 0 Å². The lowest BCUT2D eigenvalue weighted by Gasteiger charge is -2.21. The van der Waals surface area contributed by atoms with Crippen LogP contribution in [0.25, 0.3) is 39.3 Å². The number of aromatic nitrogens is 9. The summed E-state index contributed by atoms with van der Waals surface area (Å²) in [6.45, 7) is 1.22. The maximum Gasteiger partial charge on any atom is 0.261 e. The van der Waals surface area contributed by atoms with E-state index in [9.17, 15) is 4.79 Å². The van der Waals surface area contributed by atoms with Crippen LogP contribution in [-0.4, -0.2) is 44.1 Å². The van der Waals surface area contributed by atoms with Crippen molar-refractivity contribution >= 4 is 51.3 Å². The minimum Gasteiger partial charge on any atom is -0.382 e. The third-order valence-corrected chi connectivity index (χ3v) is 7.10. The fraction of sp³-hybridized carbons (Fsp3) is 0.192. The van der Waals surface area contributed by atoms with E-state index in [1.165, 1.54) is 4.57 Å². The summed E-state index contributed by atoms with van der Waals surface area (Å²) >= 11 is 12.4. The average Bonchev–Trinajstić information content (AvgIpc) is 3.62. The molecule has 1 unspecified atom stereocenters. The summed E-state index contributed by atoms with van der Waals surface area (Å²) in [5.74, 6) is 0.173. The number of fused-ring (bicyclic) bond motifs is 3. The van der Waals surface area contributed by atoms with Crippen molar-refractivity contribution in [3.8, 4) is 22.8 Å². The van der Waals surface area contributed by atoms with Crippen LogP contribution < -0.4 is 16.6 Å². The Morgan fingerprint density at radius 3 is 2.73 bits per heavy atom. The van der Waals surface area contributed by atoms with Gasteiger partial charge in [-0.1, -0.05) is 29.3 Å². The van der Waals surface area contributed by atoms with Gasteiger partial charge < -0.3 is 11.1 Å². The van der Waals surface area contributed by atoms with Gasteiger partial charge in [-0.15, -0.1) is 10.2 Å². The zero-order valence-corrected chi connectivity index (χ0v) is 22.9. The molecule has 14 heteroatoms. The number of nitrogen functional groups attached to an aromatic ring is 1. The molecule has 3 N–H and O–H groups in total. The Kier molecular flexibility index (Phi) is 5.33. The molecular weight excluding hydrogens is 553 g/mol. The van der Waals surface area contributed by atoms with Crippen LogP contribution >= 0.6 is 23.2 Å². The molecule has 5 aromatic heterocycles. The first kappa shape index (κ1) is 22.3. The Hall–Kier alpha value is -4.55. The van der Waals surface area contributed by atoms with Gasteiger partial charge in [0, 0.05) is 22.9 Å². The molecule has 6 aromatic rings. The molecule has 12 nitrogen and oxygen atoms in total. The van der Waals surface area contributed by atoms with Crippen molar-refractivity contribution in [1.29, 1.82) is 0 Å². The molecular formula is C26H23Cl2N11O. The summed E-state index contributed by atoms with van der Waals surface area (Å²) in [5.41, 5.74) is 10.2. The lowest BCUT2D eigenvalue weighted by Crippen LogP contribution is -2.21. The Labute approximate surface area is 241 Å². The molecule has 5 heterocycles. The number of nitrogens with one attached hydrogen (secondary N) is 1. The quantitative estimate of drug-likeness (QED) is 0.287. The number of halogens is 2. The van der Waals surface area contributed by atoms with Gasteiger partial charge in [0.05, 0.1) is 34.6 Å². The van der Waals surface area contributed by atoms with Crippen LogP contribution in [-0.2, 0) is 14.0 Å². The van der Waals surface area contributed by atoms with E-state index < -0.39 is 13.0 Å². The third-order valence-electron chi connectivity index (χ3n) is 6.59. The number of benzene rings is 1. The highest BCUT2D eigenvalue weighted by molar-refractivity contribution is 6.33. The number of anilines is 2. The molecule has 0 bridgehead atoms. The minimum absolute atomic E-state index is 0.0197. The second-order valence-electron chi connectivity index (χ2n) is 9.29. The van der Waals surface area contributed by atoms with E-state index in [1.54, 1.807) is 37.8 Å². The molecule has 0 amide bonds. The number of pyridine rings is 2. The summed E-state index contributed by atoms with van der Waals surface area (Å²) in [5, 5.41) is 15.9. The van der Waals surface area contributed by atoms with Crippen molar-refractivity contribution in [2.45, 2.75) is 19.9 Å². The van der Waals surface area contributed by atoms with Gasteiger partial charge in [0.2, 0.25) is 5.82 Å². The fourth-order valence-electron chi connectivity index (χ4n) is 4.80. The molecule has 202 valence electrons. The summed E-state index contributed by atoms with van der Waals surface area (Å²) in [6.07, 6.45) is 3.21. The van der Waals surface area contributed by atoms with E-state index in [1.807, 2.05) is 30.4 Å². The SMILES string of the molecule is [2H]C([2H])([2H])n1nnc(-c2nc(Cl)ccc2NC(C)c2cc(C)cc3c(=O)n(C)c4c(-c5cnc(N)c(Cl)c5)ncn4c23)n1. The van der Waals surface area contributed by atoms with Crippen LogP contribution in [0.15, 0.2) is 47.7 Å². The second kappa shape index (κ2) is 9.57. The molecule has 6 rings (SSSR count). The predicted octanol–water partition coefficient (Wildman–Crippen LogP) is 4.20. The smallest absolute Gasteiger partial charge is 0.261 e. The summed E-state index contributed by atoms with van der Waals surface area (Å²) in [6, 6.07) is 8.34. The largest absolute Gasteiger partial charge is 0.382 e. The molecule has 0 aliphatic carbocycles. The van der Waals surface area contributed by atoms with Crippen LogP contribution in [0.2, 0.25) is 10.2 Å². The zero-order valence-electron chi connectivity index (χ0n) is 24.4. The van der Waals surface area contributed by atoms with Gasteiger partial charge in [-0.2, -0.15) is 4.80 Å². The topological polar surface area (TPSA) is 147 Å². The first-order chi connectivity index (χ1) is 20.3. The number of aryl methyl sites for hydroxylation is 3. The fourth-order valence-corrected chi connectivity index (χ4v) is 5.11. The van der Waals surface area contributed by atoms with Crippen LogP contribution in [0.4, 0.5) is 11.5 Å². The van der Waals surface area contributed by atoms with Crippen molar-refractivity contribution in [1.82, 2.24) is 44.1 Å². The molecule has 0 fully saturated rings. The maximum atomic E-state index is 13.7. The highest BCUT2D eigenvalue weighted by Gasteiger charge is 2.22. The summed E-state index contributed by atoms with van der Waals surface area (Å²) in [4.78, 5) is 27.4. The lowest BCUT2D eigenvalue weighted by atomic mass is 10.0. The summed E-state index contributed by atoms with van der Waals surface area (Å²) < 4.78 is 26.1. The molecule has 1 atom stereocenters. The van der Waals surface area contributed by atoms with Crippen LogP contribution in [0.3, 0.4) is 0 Å². The standard InChI is InChI=1S/C26H23Cl2N11O/c1-12-7-15(13(2)32-18-5-6-19(28)33-21(18)24-34-36-38(4)35-24)22-16(8-12)26(40)37(3)25-20(31-11-39(22)25)14-9-17(27)23(29)30-10-14/h5-11,13,32H,1-4H3,(H2,29,30)/i4D3. The molecule has 0 saturated carbocycles. The van der Waals surface area contributed by atoms with Gasteiger partial charge in [0.25, 0.3) is 5.56 Å². The van der Waals surface area contributed by atoms with E-state index >= 15 is 0 Å². The molecule has 40 heavy (non-hydrogen) atoms. The number of hydrogen-bond acceptors (Lipinski definition) is 9. The number of rotatable bonds is 5. The molecule has 1 aromatic carbocycles. The highest BCUT2D eigenvalue weighted by atomic mass is 35.5. The molecule has 0 spiro atoms. The molecule has 0 aliphatic rings. The Morgan fingerprint density at radius 1 is 1.15 bits per heavy atom. The van der Waals surface area contributed by atoms with Crippen molar-refractivity contribution < 1.29 is 4.11 Å². The Morgan fingerprint density at radius 2 is 1.98 bits per heavy atom. The number of nitrogens with zero attached hydrogens (tertiary/aromatic N) is 9. The number of hydrogen-bond donors (Lipinski definition) is 2. The highest BCUT2D eigenvalue weighted by Crippen LogP contribution is 2.34. The molecule has 0 saturated heterocycles. The third kappa shape index (κ3) is 4.21. The van der Waals surface area contributed by atoms with Gasteiger partial charge in [0.15, 0.2) is 0 Å². The lowest BCUT2D eigenvalue weighted by molar-refractivity contribution is 0.630. The number of imidazole rings is 1. The zero-order chi connectivity index (χ0) is 30.8. The van der Waals surface area contributed by atoms with Crippen molar-refractivity contribution in [3.05, 3.63) is 74.5 Å². The summed E-state index contributed by atoms with van der Waals surface area (Å²) in [7, 11) is 1.68. The van der Waals surface area contributed by atoms with Crippen molar-refractivity contribution in [2.24, 2.45) is 14.0 Å². The Balaban J connectivity index is 1.51. The monoisotopic (exact) mass is 578 g/mol. The average molecular weight is 579 g/mol. The van der Waals surface area contributed by atoms with Gasteiger partial charge in [-0.05, 0) is 54.5 Å². The van der Waals surface area contributed by atoms with Crippen molar-refractivity contribution in [3.63, 3.8) is 0 Å². The van der Waals surface area contributed by atoms with Crippen LogP contribution in [0.1, 0.15) is 28.2 Å². The predicted molar refractivity (Wildman–Crippen MR) is 154 cm³/mol. The second-order valence-corrected chi connectivity index (χ2v) is 10.1. The van der Waals surface area contributed by atoms with E-state index in [0.717, 1.165) is 11.1 Å². The Bertz CT molecular complexity index is 2120. The first-order valence-electron chi connectivity index (χ1n) is 13.5. The van der Waals surface area contributed by atoms with Crippen LogP contribution in [0, 0.1) is 6.92 Å². The number of tetrazole rings is 1. The van der Waals surface area contributed by atoms with Crippen molar-refractivity contribution in [2.75, 3.05) is 11.1 Å². The van der Waals surface area contributed by atoms with E-state index in [4.69, 9.17) is 33.0 Å². The van der Waals surface area contributed by atoms with E-state index in [-0.39, 0.29) is 33.1 Å². The van der Waals surface area contributed by atoms with Gasteiger partial charge in [0.1, 0.15) is 34.3 Å². The van der Waals surface area contributed by atoms with E-state index in [0.29, 0.717) is 38.3 Å². The number of nitrogens with two attached hydrogens (primary N) is 1. The van der Waals surface area contributed by atoms with E-state index in [2.05, 4.69) is 35.7 Å².